The Hall–Kier alpha value is -1.41. The molecule has 2 N–H and O–H groups in total. The number of urea groups is 1. The highest BCUT2D eigenvalue weighted by atomic mass is 32.2. The fraction of sp³-hybridized carbons (Fsp3) is 0.500. The van der Waals surface area contributed by atoms with Crippen molar-refractivity contribution in [3.8, 4) is 0 Å². The first-order valence-corrected chi connectivity index (χ1v) is 7.51. The maximum atomic E-state index is 12.3. The maximum Gasteiger partial charge on any atom is 0.416 e. The Morgan fingerprint density at radius 2 is 1.95 bits per heavy atom. The van der Waals surface area contributed by atoms with Crippen molar-refractivity contribution in [3.05, 3.63) is 24.3 Å². The number of rotatable bonds is 5. The summed E-state index contributed by atoms with van der Waals surface area (Å²) in [6, 6.07) is 6.34. The smallest absolute Gasteiger partial charge is 0.382 e. The number of alkyl halides is 3. The van der Waals surface area contributed by atoms with Crippen molar-refractivity contribution in [1.82, 2.24) is 4.90 Å². The quantitative estimate of drug-likeness (QED) is 0.808. The summed E-state index contributed by atoms with van der Waals surface area (Å²) in [6.07, 6.45) is -7.32. The molecule has 0 aliphatic rings. The van der Waals surface area contributed by atoms with Gasteiger partial charge in [0.1, 0.15) is 0 Å². The highest BCUT2D eigenvalue weighted by Gasteiger charge is 2.39. The van der Waals surface area contributed by atoms with Crippen LogP contribution in [0, 0.1) is 0 Å². The van der Waals surface area contributed by atoms with Crippen LogP contribution in [-0.4, -0.2) is 47.2 Å². The summed E-state index contributed by atoms with van der Waals surface area (Å²) in [6.45, 7) is 3.17. The van der Waals surface area contributed by atoms with E-state index >= 15 is 0 Å². The number of aliphatic hydroxyl groups is 1. The summed E-state index contributed by atoms with van der Waals surface area (Å²) in [7, 11) is 1.20. The first-order valence-electron chi connectivity index (χ1n) is 6.64. The number of nitrogens with zero attached hydrogens (tertiary/aromatic N) is 1. The van der Waals surface area contributed by atoms with Crippen LogP contribution >= 0.6 is 11.8 Å². The average Bonchev–Trinajstić information content (AvgIpc) is 2.39. The lowest BCUT2D eigenvalue weighted by molar-refractivity contribution is -0.205. The van der Waals surface area contributed by atoms with E-state index in [1.54, 1.807) is 12.1 Å². The zero-order chi connectivity index (χ0) is 16.9. The van der Waals surface area contributed by atoms with E-state index in [9.17, 15) is 18.0 Å². The number of amides is 2. The van der Waals surface area contributed by atoms with Crippen molar-refractivity contribution >= 4 is 23.5 Å². The molecule has 1 unspecified atom stereocenters. The molecule has 1 rings (SSSR count). The molecular weight excluding hydrogens is 317 g/mol. The average molecular weight is 336 g/mol. The third-order valence-electron chi connectivity index (χ3n) is 2.66. The molecule has 8 heteroatoms. The fourth-order valence-corrected chi connectivity index (χ4v) is 2.49. The van der Waals surface area contributed by atoms with Gasteiger partial charge in [0.05, 0.1) is 12.2 Å². The maximum absolute atomic E-state index is 12.3. The number of anilines is 1. The van der Waals surface area contributed by atoms with Crippen molar-refractivity contribution in [2.75, 3.05) is 18.9 Å². The number of para-hydroxylation sites is 1. The number of thioether (sulfide) groups is 1. The van der Waals surface area contributed by atoms with Gasteiger partial charge in [0.15, 0.2) is 6.10 Å². The summed E-state index contributed by atoms with van der Waals surface area (Å²) in [5.41, 5.74) is 0.527. The van der Waals surface area contributed by atoms with E-state index in [1.165, 1.54) is 18.8 Å². The summed E-state index contributed by atoms with van der Waals surface area (Å²) < 4.78 is 36.9. The Labute approximate surface area is 131 Å². The number of carbonyl (C=O) groups is 1. The molecule has 0 bridgehead atoms. The molecule has 0 fully saturated rings. The number of likely N-dealkylation sites (N-methyl/N-ethyl adjacent to an activating group) is 1. The van der Waals surface area contributed by atoms with E-state index in [4.69, 9.17) is 5.11 Å². The third kappa shape index (κ3) is 5.76. The normalized spacial score (nSPS) is 13.1. The lowest BCUT2D eigenvalue weighted by atomic mass is 10.3. The number of hydrogen-bond donors (Lipinski definition) is 2. The molecule has 0 saturated heterocycles. The van der Waals surface area contributed by atoms with Gasteiger partial charge in [-0.05, 0) is 12.1 Å². The molecule has 0 radical (unpaired) electrons. The molecule has 1 aromatic rings. The number of halogens is 3. The van der Waals surface area contributed by atoms with Crippen LogP contribution in [0.2, 0.25) is 0 Å². The minimum Gasteiger partial charge on any atom is -0.382 e. The van der Waals surface area contributed by atoms with Crippen LogP contribution in [0.3, 0.4) is 0 Å². The Balaban J connectivity index is 2.72. The number of carbonyl (C=O) groups excluding carboxylic acids is 1. The zero-order valence-corrected chi connectivity index (χ0v) is 13.3. The minimum absolute atomic E-state index is 0.294. The van der Waals surface area contributed by atoms with Crippen LogP contribution < -0.4 is 5.32 Å². The first kappa shape index (κ1) is 18.6. The van der Waals surface area contributed by atoms with E-state index in [2.05, 4.69) is 5.32 Å². The highest BCUT2D eigenvalue weighted by molar-refractivity contribution is 8.00. The minimum atomic E-state index is -4.75. The topological polar surface area (TPSA) is 52.6 Å². The largest absolute Gasteiger partial charge is 0.416 e. The van der Waals surface area contributed by atoms with E-state index in [-0.39, 0.29) is 0 Å². The Bertz CT molecular complexity index is 509. The fourth-order valence-electron chi connectivity index (χ4n) is 1.58. The lowest BCUT2D eigenvalue weighted by Crippen LogP contribution is -2.43. The summed E-state index contributed by atoms with van der Waals surface area (Å²) in [5, 5.41) is 11.8. The van der Waals surface area contributed by atoms with E-state index < -0.39 is 24.9 Å². The van der Waals surface area contributed by atoms with E-state index in [0.29, 0.717) is 10.9 Å². The lowest BCUT2D eigenvalue weighted by Gasteiger charge is -2.23. The standard InChI is InChI=1S/C14H19F3N2O2S/c1-9(2)22-11-7-5-4-6-10(11)18-13(21)19(3)8-12(20)14(15,16)17/h4-7,9,12,20H,8H2,1-3H3,(H,18,21). The summed E-state index contributed by atoms with van der Waals surface area (Å²) >= 11 is 1.53. The Morgan fingerprint density at radius 3 is 2.50 bits per heavy atom. The Kier molecular flexibility index (Phi) is 6.55. The van der Waals surface area contributed by atoms with Crippen molar-refractivity contribution < 1.29 is 23.1 Å². The Morgan fingerprint density at radius 1 is 1.36 bits per heavy atom. The van der Waals surface area contributed by atoms with Gasteiger partial charge in [-0.1, -0.05) is 26.0 Å². The highest BCUT2D eigenvalue weighted by Crippen LogP contribution is 2.30. The van der Waals surface area contributed by atoms with Crippen molar-refractivity contribution in [1.29, 1.82) is 0 Å². The predicted octanol–water partition coefficient (Wildman–Crippen LogP) is 3.57. The van der Waals surface area contributed by atoms with Gasteiger partial charge in [-0.2, -0.15) is 13.2 Å². The van der Waals surface area contributed by atoms with Crippen molar-refractivity contribution in [3.63, 3.8) is 0 Å². The molecule has 0 aromatic heterocycles. The summed E-state index contributed by atoms with van der Waals surface area (Å²) in [5.74, 6) is 0. The van der Waals surface area contributed by atoms with Gasteiger partial charge < -0.3 is 15.3 Å². The van der Waals surface area contributed by atoms with Gasteiger partial charge in [0, 0.05) is 17.2 Å². The van der Waals surface area contributed by atoms with Crippen LogP contribution in [0.1, 0.15) is 13.8 Å². The van der Waals surface area contributed by atoms with E-state index in [0.717, 1.165) is 9.80 Å². The predicted molar refractivity (Wildman–Crippen MR) is 81.1 cm³/mol. The van der Waals surface area contributed by atoms with Gasteiger partial charge in [-0.15, -0.1) is 11.8 Å². The molecule has 4 nitrogen and oxygen atoms in total. The summed E-state index contributed by atoms with van der Waals surface area (Å²) in [4.78, 5) is 13.6. The van der Waals surface area contributed by atoms with Crippen molar-refractivity contribution in [2.24, 2.45) is 0 Å². The molecule has 22 heavy (non-hydrogen) atoms. The SMILES string of the molecule is CC(C)Sc1ccccc1NC(=O)N(C)CC(O)C(F)(F)F. The molecule has 1 atom stereocenters. The molecular formula is C14H19F3N2O2S. The zero-order valence-electron chi connectivity index (χ0n) is 12.5. The van der Waals surface area contributed by atoms with Gasteiger partial charge in [-0.25, -0.2) is 4.79 Å². The number of nitrogens with one attached hydrogen (secondary N) is 1. The number of benzene rings is 1. The van der Waals surface area contributed by atoms with E-state index in [1.807, 2.05) is 26.0 Å². The molecule has 0 aliphatic heterocycles. The molecule has 2 amide bonds. The van der Waals surface area contributed by atoms with Crippen LogP contribution in [0.25, 0.3) is 0 Å². The van der Waals surface area contributed by atoms with Crippen LogP contribution in [-0.2, 0) is 0 Å². The second-order valence-corrected chi connectivity index (χ2v) is 6.65. The van der Waals surface area contributed by atoms with Crippen LogP contribution in [0.4, 0.5) is 23.7 Å². The van der Waals surface area contributed by atoms with Gasteiger partial charge in [0.25, 0.3) is 0 Å². The molecule has 0 saturated carbocycles. The molecule has 0 heterocycles. The molecule has 124 valence electrons. The van der Waals surface area contributed by atoms with Crippen molar-refractivity contribution in [2.45, 2.75) is 36.3 Å². The van der Waals surface area contributed by atoms with Gasteiger partial charge >= 0.3 is 12.2 Å². The number of hydrogen-bond acceptors (Lipinski definition) is 3. The van der Waals surface area contributed by atoms with Gasteiger partial charge in [0.2, 0.25) is 0 Å². The van der Waals surface area contributed by atoms with Gasteiger partial charge in [-0.3, -0.25) is 0 Å². The first-order chi connectivity index (χ1) is 10.1. The molecule has 0 aliphatic carbocycles. The molecule has 0 spiro atoms. The second kappa shape index (κ2) is 7.73. The molecule has 1 aromatic carbocycles. The number of aliphatic hydroxyl groups excluding tert-OH is 1. The monoisotopic (exact) mass is 336 g/mol. The van der Waals surface area contributed by atoms with Crippen LogP contribution in [0.15, 0.2) is 29.2 Å². The third-order valence-corrected chi connectivity index (χ3v) is 3.74. The second-order valence-electron chi connectivity index (χ2n) is 5.03. The van der Waals surface area contributed by atoms with Crippen LogP contribution in [0.5, 0.6) is 0 Å².